The third-order valence-corrected chi connectivity index (χ3v) is 1.44. The van der Waals surface area contributed by atoms with E-state index >= 15 is 0 Å². The highest BCUT2D eigenvalue weighted by atomic mass is 32.1. The van der Waals surface area contributed by atoms with Gasteiger partial charge in [0.15, 0.2) is 0 Å². The van der Waals surface area contributed by atoms with Crippen molar-refractivity contribution in [3.05, 3.63) is 25.0 Å². The van der Waals surface area contributed by atoms with E-state index < -0.39 is 26.9 Å². The van der Waals surface area contributed by atoms with E-state index in [1.54, 1.807) is 0 Å². The van der Waals surface area contributed by atoms with Crippen molar-refractivity contribution in [2.24, 2.45) is 0 Å². The number of rotatable bonds is 0. The largest absolute Gasteiger partial charge is 0.501 e. The van der Waals surface area contributed by atoms with Gasteiger partial charge in [0.1, 0.15) is 4.51 Å². The van der Waals surface area contributed by atoms with E-state index in [1.807, 2.05) is 0 Å². The summed E-state index contributed by atoms with van der Waals surface area (Å²) in [5, 5.41) is 17.2. The summed E-state index contributed by atoms with van der Waals surface area (Å²) in [6, 6.07) is 0. The lowest BCUT2D eigenvalue weighted by Crippen LogP contribution is -1.99. The Morgan fingerprint density at radius 3 is 1.40 bits per heavy atom. The minimum Gasteiger partial charge on any atom is -0.501 e. The highest BCUT2D eigenvalue weighted by Crippen LogP contribution is 2.13. The van der Waals surface area contributed by atoms with Crippen LogP contribution in [0.3, 0.4) is 0 Å². The molecule has 0 fully saturated rings. The number of hydrogen-bond acceptors (Lipinski definition) is 5. The molecule has 0 aromatic heterocycles. The van der Waals surface area contributed by atoms with Crippen molar-refractivity contribution in [1.82, 2.24) is 0 Å². The third kappa shape index (κ3) is 0.640. The fourth-order valence-electron chi connectivity index (χ4n) is 0.533. The second-order valence-electron chi connectivity index (χ2n) is 1.68. The highest BCUT2D eigenvalue weighted by molar-refractivity contribution is 7.71. The van der Waals surface area contributed by atoms with Crippen molar-refractivity contribution in [2.75, 3.05) is 0 Å². The molecule has 0 spiro atoms. The predicted octanol–water partition coefficient (Wildman–Crippen LogP) is -0.577. The molecule has 52 valence electrons. The third-order valence-electron chi connectivity index (χ3n) is 1.07. The Morgan fingerprint density at radius 2 is 1.30 bits per heavy atom. The average molecular weight is 158 g/mol. The van der Waals surface area contributed by atoms with Crippen LogP contribution in [0, 0.1) is 4.51 Å². The van der Waals surface area contributed by atoms with Crippen molar-refractivity contribution < 1.29 is 10.2 Å². The summed E-state index contributed by atoms with van der Waals surface area (Å²) in [6.45, 7) is 0. The molecule has 0 unspecified atom stereocenters. The molecule has 0 atom stereocenters. The van der Waals surface area contributed by atoms with E-state index in [-0.39, 0.29) is 0 Å². The van der Waals surface area contributed by atoms with Gasteiger partial charge in [-0.1, -0.05) is 12.2 Å². The lowest BCUT2D eigenvalue weighted by molar-refractivity contribution is 0.402. The molecule has 1 rings (SSSR count). The van der Waals surface area contributed by atoms with Crippen molar-refractivity contribution in [1.29, 1.82) is 0 Å². The van der Waals surface area contributed by atoms with Gasteiger partial charge in [-0.2, -0.15) is 0 Å². The van der Waals surface area contributed by atoms with Gasteiger partial charge < -0.3 is 10.2 Å². The zero-order chi connectivity index (χ0) is 7.89. The second-order valence-corrected chi connectivity index (χ2v) is 2.09. The van der Waals surface area contributed by atoms with Crippen molar-refractivity contribution in [2.45, 2.75) is 0 Å². The topological polar surface area (TPSA) is 74.6 Å². The van der Waals surface area contributed by atoms with Gasteiger partial charge in [-0.15, -0.1) is 0 Å². The van der Waals surface area contributed by atoms with Gasteiger partial charge in [0.25, 0.3) is 0 Å². The summed E-state index contributed by atoms with van der Waals surface area (Å²) < 4.78 is -0.560. The van der Waals surface area contributed by atoms with Crippen LogP contribution in [0.4, 0.5) is 0 Å². The Morgan fingerprint density at radius 1 is 1.00 bits per heavy atom. The lowest BCUT2D eigenvalue weighted by atomic mass is 10.5. The standard InChI is InChI=1S/C5H2O4S/c6-1-2(7)4(9)5(10)3(1)8/h6-7H. The predicted molar refractivity (Wildman–Crippen MR) is 35.5 cm³/mol. The van der Waals surface area contributed by atoms with Crippen molar-refractivity contribution in [3.8, 4) is 11.5 Å². The summed E-state index contributed by atoms with van der Waals surface area (Å²) >= 11 is 4.26. The molecule has 5 heteroatoms. The van der Waals surface area contributed by atoms with Crippen LogP contribution < -0.4 is 10.9 Å². The van der Waals surface area contributed by atoms with E-state index in [9.17, 15) is 9.59 Å². The highest BCUT2D eigenvalue weighted by Gasteiger charge is 2.14. The van der Waals surface area contributed by atoms with Crippen LogP contribution in [0.25, 0.3) is 0 Å². The lowest BCUT2D eigenvalue weighted by Gasteiger charge is -1.78. The van der Waals surface area contributed by atoms with Gasteiger partial charge in [0, 0.05) is 0 Å². The number of hydrogen-bond donors (Lipinski definition) is 2. The van der Waals surface area contributed by atoms with Gasteiger partial charge in [0.2, 0.25) is 22.4 Å². The van der Waals surface area contributed by atoms with Gasteiger partial charge >= 0.3 is 0 Å². The molecule has 0 saturated carbocycles. The fourth-order valence-corrected chi connectivity index (χ4v) is 0.727. The molecule has 0 radical (unpaired) electrons. The molecule has 0 aliphatic rings. The van der Waals surface area contributed by atoms with Crippen LogP contribution in [-0.2, 0) is 0 Å². The molecule has 2 N–H and O–H groups in total. The first kappa shape index (κ1) is 6.88. The maximum absolute atomic E-state index is 10.5. The molecule has 0 bridgehead atoms. The molecular formula is C5H2O4S. The molecule has 10 heavy (non-hydrogen) atoms. The van der Waals surface area contributed by atoms with Gasteiger partial charge in [-0.05, 0) is 0 Å². The Kier molecular flexibility index (Phi) is 1.29. The molecule has 4 nitrogen and oxygen atoms in total. The molecule has 0 aliphatic carbocycles. The summed E-state index contributed by atoms with van der Waals surface area (Å²) in [5.41, 5.74) is -1.95. The Hall–Kier alpha value is -1.23. The van der Waals surface area contributed by atoms with Gasteiger partial charge in [-0.25, -0.2) is 0 Å². The number of aromatic hydroxyl groups is 2. The summed E-state index contributed by atoms with van der Waals surface area (Å²) in [7, 11) is 0. The molecule has 1 aromatic rings. The van der Waals surface area contributed by atoms with Gasteiger partial charge in [-0.3, -0.25) is 9.59 Å². The SMILES string of the molecule is O=c1c(O)c(O)c(=O)c1=S. The van der Waals surface area contributed by atoms with Crippen LogP contribution >= 0.6 is 12.2 Å². The van der Waals surface area contributed by atoms with E-state index in [2.05, 4.69) is 12.2 Å². The zero-order valence-electron chi connectivity index (χ0n) is 4.62. The summed E-state index contributed by atoms with van der Waals surface area (Å²) in [6.07, 6.45) is 0. The van der Waals surface area contributed by atoms with Crippen molar-refractivity contribution >= 4 is 12.2 Å². The first-order chi connectivity index (χ1) is 4.55. The summed E-state index contributed by atoms with van der Waals surface area (Å²) in [5.74, 6) is -1.90. The molecule has 0 saturated heterocycles. The van der Waals surface area contributed by atoms with Crippen LogP contribution in [0.15, 0.2) is 9.59 Å². The first-order valence-corrected chi connectivity index (χ1v) is 2.72. The first-order valence-electron chi connectivity index (χ1n) is 2.31. The van der Waals surface area contributed by atoms with Crippen LogP contribution in [0.5, 0.6) is 11.5 Å². The van der Waals surface area contributed by atoms with Gasteiger partial charge in [0.05, 0.1) is 0 Å². The fraction of sp³-hybridized carbons (Fsp3) is 0. The molecular weight excluding hydrogens is 156 g/mol. The van der Waals surface area contributed by atoms with Crippen LogP contribution in [0.2, 0.25) is 0 Å². The van der Waals surface area contributed by atoms with E-state index in [0.29, 0.717) is 0 Å². The Bertz CT molecular complexity index is 362. The normalized spacial score (nSPS) is 10.0. The van der Waals surface area contributed by atoms with Crippen LogP contribution in [0.1, 0.15) is 0 Å². The molecule has 0 amide bonds. The second kappa shape index (κ2) is 1.88. The minimum atomic E-state index is -0.975. The van der Waals surface area contributed by atoms with Crippen molar-refractivity contribution in [3.63, 3.8) is 0 Å². The Labute approximate surface area is 59.7 Å². The summed E-state index contributed by atoms with van der Waals surface area (Å²) in [4.78, 5) is 21.0. The maximum Gasteiger partial charge on any atom is 0.246 e. The molecule has 1 aromatic carbocycles. The Balaban J connectivity index is 3.97. The molecule has 0 aliphatic heterocycles. The molecule has 0 heterocycles. The quantitative estimate of drug-likeness (QED) is 0.494. The van der Waals surface area contributed by atoms with Crippen LogP contribution in [-0.4, -0.2) is 10.2 Å². The van der Waals surface area contributed by atoms with E-state index in [4.69, 9.17) is 10.2 Å². The minimum absolute atomic E-state index is 0.560. The average Bonchev–Trinajstić information content (AvgIpc) is 2.07. The monoisotopic (exact) mass is 158 g/mol. The maximum atomic E-state index is 10.5. The van der Waals surface area contributed by atoms with E-state index in [0.717, 1.165) is 0 Å². The zero-order valence-corrected chi connectivity index (χ0v) is 5.44. The smallest absolute Gasteiger partial charge is 0.246 e. The van der Waals surface area contributed by atoms with E-state index in [1.165, 1.54) is 0 Å².